The number of benzene rings is 1. The summed E-state index contributed by atoms with van der Waals surface area (Å²) in [7, 11) is 0. The minimum absolute atomic E-state index is 0.163. The van der Waals surface area contributed by atoms with E-state index in [2.05, 4.69) is 0 Å². The van der Waals surface area contributed by atoms with Gasteiger partial charge in [-0.05, 0) is 51.3 Å². The van der Waals surface area contributed by atoms with Crippen LogP contribution in [0.15, 0.2) is 24.3 Å². The van der Waals surface area contributed by atoms with Crippen LogP contribution < -0.4 is 0 Å². The normalized spacial score (nSPS) is 11.3. The third kappa shape index (κ3) is 5.00. The molecule has 1 aromatic rings. The van der Waals surface area contributed by atoms with E-state index in [4.69, 9.17) is 9.84 Å². The molecule has 0 amide bonds. The van der Waals surface area contributed by atoms with Crippen molar-refractivity contribution in [2.24, 2.45) is 0 Å². The number of aryl methyl sites for hydroxylation is 1. The number of esters is 1. The van der Waals surface area contributed by atoms with Gasteiger partial charge in [-0.25, -0.2) is 4.79 Å². The first kappa shape index (κ1) is 13.7. The molecule has 0 fully saturated rings. The predicted octanol–water partition coefficient (Wildman–Crippen LogP) is 2.57. The van der Waals surface area contributed by atoms with Crippen molar-refractivity contribution in [1.29, 1.82) is 0 Å². The first-order valence-electron chi connectivity index (χ1n) is 5.85. The number of hydrogen-bond acceptors (Lipinski definition) is 3. The molecule has 0 aliphatic heterocycles. The molecular formula is C14H20O3. The van der Waals surface area contributed by atoms with Crippen LogP contribution in [0.5, 0.6) is 0 Å². The Morgan fingerprint density at radius 1 is 1.35 bits per heavy atom. The van der Waals surface area contributed by atoms with Gasteiger partial charge >= 0.3 is 5.97 Å². The molecule has 0 heterocycles. The molecule has 1 rings (SSSR count). The molecule has 0 saturated carbocycles. The summed E-state index contributed by atoms with van der Waals surface area (Å²) in [5, 5.41) is 8.77. The number of aliphatic hydroxyl groups is 1. The van der Waals surface area contributed by atoms with Gasteiger partial charge in [0.05, 0.1) is 5.56 Å². The van der Waals surface area contributed by atoms with Gasteiger partial charge in [0.15, 0.2) is 0 Å². The van der Waals surface area contributed by atoms with Gasteiger partial charge < -0.3 is 9.84 Å². The molecule has 3 nitrogen and oxygen atoms in total. The fraction of sp³-hybridized carbons (Fsp3) is 0.500. The van der Waals surface area contributed by atoms with Crippen LogP contribution in [0, 0.1) is 0 Å². The molecule has 0 unspecified atom stereocenters. The molecule has 0 aliphatic rings. The molecule has 0 spiro atoms. The highest BCUT2D eigenvalue weighted by Gasteiger charge is 2.17. The fourth-order valence-corrected chi connectivity index (χ4v) is 1.47. The summed E-state index contributed by atoms with van der Waals surface area (Å²) in [6.45, 7) is 5.71. The fourth-order valence-electron chi connectivity index (χ4n) is 1.47. The van der Waals surface area contributed by atoms with E-state index >= 15 is 0 Å². The maximum Gasteiger partial charge on any atom is 0.338 e. The van der Waals surface area contributed by atoms with Crippen LogP contribution in [0.1, 0.15) is 43.1 Å². The molecule has 1 aromatic carbocycles. The van der Waals surface area contributed by atoms with Gasteiger partial charge in [-0.2, -0.15) is 0 Å². The van der Waals surface area contributed by atoms with Gasteiger partial charge in [-0.15, -0.1) is 0 Å². The van der Waals surface area contributed by atoms with E-state index in [-0.39, 0.29) is 12.6 Å². The second-order valence-electron chi connectivity index (χ2n) is 5.03. The highest BCUT2D eigenvalue weighted by molar-refractivity contribution is 5.89. The van der Waals surface area contributed by atoms with E-state index < -0.39 is 5.60 Å². The SMILES string of the molecule is CC(C)(C)OC(=O)c1cccc(CCCO)c1. The molecule has 1 N–H and O–H groups in total. The lowest BCUT2D eigenvalue weighted by atomic mass is 10.1. The highest BCUT2D eigenvalue weighted by atomic mass is 16.6. The average Bonchev–Trinajstić information content (AvgIpc) is 2.24. The van der Waals surface area contributed by atoms with Gasteiger partial charge in [-0.3, -0.25) is 0 Å². The summed E-state index contributed by atoms with van der Waals surface area (Å²) in [4.78, 5) is 11.8. The molecule has 0 aromatic heterocycles. The Morgan fingerprint density at radius 3 is 2.65 bits per heavy atom. The van der Waals surface area contributed by atoms with Crippen LogP contribution in [0.2, 0.25) is 0 Å². The third-order valence-electron chi connectivity index (χ3n) is 2.19. The van der Waals surface area contributed by atoms with E-state index in [1.54, 1.807) is 6.07 Å². The summed E-state index contributed by atoms with van der Waals surface area (Å²) in [6, 6.07) is 7.36. The first-order chi connectivity index (χ1) is 7.92. The zero-order valence-electron chi connectivity index (χ0n) is 10.7. The Labute approximate surface area is 102 Å². The highest BCUT2D eigenvalue weighted by Crippen LogP contribution is 2.14. The Balaban J connectivity index is 2.74. The van der Waals surface area contributed by atoms with Crippen molar-refractivity contribution in [3.8, 4) is 0 Å². The van der Waals surface area contributed by atoms with E-state index in [9.17, 15) is 4.79 Å². The number of rotatable bonds is 4. The Morgan fingerprint density at radius 2 is 2.06 bits per heavy atom. The van der Waals surface area contributed by atoms with Gasteiger partial charge in [-0.1, -0.05) is 12.1 Å². The lowest BCUT2D eigenvalue weighted by Crippen LogP contribution is -2.23. The van der Waals surface area contributed by atoms with Crippen LogP contribution in [0.4, 0.5) is 0 Å². The standard InChI is InChI=1S/C14H20O3/c1-14(2,3)17-13(16)12-8-4-6-11(10-12)7-5-9-15/h4,6,8,10,15H,5,7,9H2,1-3H3. The number of carbonyl (C=O) groups excluding carboxylic acids is 1. The molecule has 0 saturated heterocycles. The Bertz CT molecular complexity index is 377. The quantitative estimate of drug-likeness (QED) is 0.817. The van der Waals surface area contributed by atoms with Crippen molar-refractivity contribution in [2.75, 3.05) is 6.61 Å². The van der Waals surface area contributed by atoms with E-state index in [1.807, 2.05) is 39.0 Å². The minimum atomic E-state index is -0.474. The lowest BCUT2D eigenvalue weighted by Gasteiger charge is -2.19. The maximum absolute atomic E-state index is 11.8. The molecular weight excluding hydrogens is 216 g/mol. The van der Waals surface area contributed by atoms with Crippen LogP contribution >= 0.6 is 0 Å². The van der Waals surface area contributed by atoms with Gasteiger partial charge in [0.25, 0.3) is 0 Å². The molecule has 0 bridgehead atoms. The Hall–Kier alpha value is -1.35. The van der Waals surface area contributed by atoms with Crippen LogP contribution in [-0.2, 0) is 11.2 Å². The summed E-state index contributed by atoms with van der Waals surface area (Å²) in [5.74, 6) is -0.302. The zero-order valence-corrected chi connectivity index (χ0v) is 10.7. The average molecular weight is 236 g/mol. The Kier molecular flexibility index (Phi) is 4.70. The largest absolute Gasteiger partial charge is 0.456 e. The van der Waals surface area contributed by atoms with E-state index in [0.29, 0.717) is 12.0 Å². The van der Waals surface area contributed by atoms with Crippen molar-refractivity contribution in [3.05, 3.63) is 35.4 Å². The minimum Gasteiger partial charge on any atom is -0.456 e. The van der Waals surface area contributed by atoms with E-state index in [1.165, 1.54) is 0 Å². The van der Waals surface area contributed by atoms with Crippen LogP contribution in [0.25, 0.3) is 0 Å². The second kappa shape index (κ2) is 5.82. The molecule has 0 aliphatic carbocycles. The smallest absolute Gasteiger partial charge is 0.338 e. The van der Waals surface area contributed by atoms with Crippen molar-refractivity contribution < 1.29 is 14.6 Å². The topological polar surface area (TPSA) is 46.5 Å². The van der Waals surface area contributed by atoms with Gasteiger partial charge in [0, 0.05) is 6.61 Å². The van der Waals surface area contributed by atoms with Crippen molar-refractivity contribution in [1.82, 2.24) is 0 Å². The third-order valence-corrected chi connectivity index (χ3v) is 2.19. The lowest BCUT2D eigenvalue weighted by molar-refractivity contribution is 0.00694. The molecule has 17 heavy (non-hydrogen) atoms. The summed E-state index contributed by atoms with van der Waals surface area (Å²) >= 11 is 0. The van der Waals surface area contributed by atoms with Crippen LogP contribution in [0.3, 0.4) is 0 Å². The summed E-state index contributed by atoms with van der Waals surface area (Å²) in [6.07, 6.45) is 1.48. The first-order valence-corrected chi connectivity index (χ1v) is 5.85. The number of hydrogen-bond donors (Lipinski definition) is 1. The van der Waals surface area contributed by atoms with E-state index in [0.717, 1.165) is 12.0 Å². The van der Waals surface area contributed by atoms with Crippen molar-refractivity contribution in [3.63, 3.8) is 0 Å². The van der Waals surface area contributed by atoms with Crippen molar-refractivity contribution >= 4 is 5.97 Å². The number of ether oxygens (including phenoxy) is 1. The molecule has 0 atom stereocenters. The predicted molar refractivity (Wildman–Crippen MR) is 67.0 cm³/mol. The van der Waals surface area contributed by atoms with Gasteiger partial charge in [0.2, 0.25) is 0 Å². The summed E-state index contributed by atoms with van der Waals surface area (Å²) in [5.41, 5.74) is 1.14. The second-order valence-corrected chi connectivity index (χ2v) is 5.03. The van der Waals surface area contributed by atoms with Gasteiger partial charge in [0.1, 0.15) is 5.60 Å². The molecule has 0 radical (unpaired) electrons. The van der Waals surface area contributed by atoms with Crippen LogP contribution in [-0.4, -0.2) is 23.3 Å². The van der Waals surface area contributed by atoms with Crippen molar-refractivity contribution in [2.45, 2.75) is 39.2 Å². The zero-order chi connectivity index (χ0) is 12.9. The summed E-state index contributed by atoms with van der Waals surface area (Å²) < 4.78 is 5.29. The molecule has 94 valence electrons. The number of aliphatic hydroxyl groups excluding tert-OH is 1. The number of carbonyl (C=O) groups is 1. The molecule has 3 heteroatoms. The maximum atomic E-state index is 11.8. The monoisotopic (exact) mass is 236 g/mol.